The summed E-state index contributed by atoms with van der Waals surface area (Å²) in [5, 5.41) is 0. The molecule has 0 radical (unpaired) electrons. The van der Waals surface area contributed by atoms with E-state index < -0.39 is 5.97 Å². The first-order valence-corrected chi connectivity index (χ1v) is 5.86. The Labute approximate surface area is 91.2 Å². The summed E-state index contributed by atoms with van der Waals surface area (Å²) >= 11 is 0. The third kappa shape index (κ3) is 4.02. The van der Waals surface area contributed by atoms with Crippen LogP contribution in [0.2, 0.25) is 0 Å². The molecular weight excluding hydrogens is 192 g/mol. The van der Waals surface area contributed by atoms with Crippen molar-refractivity contribution in [1.29, 1.82) is 0 Å². The average molecular weight is 212 g/mol. The van der Waals surface area contributed by atoms with Gasteiger partial charge in [0, 0.05) is 5.92 Å². The van der Waals surface area contributed by atoms with Crippen LogP contribution in [0.25, 0.3) is 0 Å². The number of carbonyl (C=O) groups excluding carboxylic acids is 2. The van der Waals surface area contributed by atoms with Crippen LogP contribution < -0.4 is 0 Å². The van der Waals surface area contributed by atoms with E-state index >= 15 is 0 Å². The van der Waals surface area contributed by atoms with Crippen LogP contribution in [0.15, 0.2) is 0 Å². The molecule has 0 bridgehead atoms. The quantitative estimate of drug-likeness (QED) is 0.410. The Balaban J connectivity index is 2.46. The van der Waals surface area contributed by atoms with E-state index in [0.29, 0.717) is 0 Å². The van der Waals surface area contributed by atoms with Gasteiger partial charge in [-0.1, -0.05) is 25.7 Å². The van der Waals surface area contributed by atoms with Gasteiger partial charge in [-0.15, -0.1) is 0 Å². The Bertz CT molecular complexity index is 225. The molecule has 1 rings (SSSR count). The zero-order valence-corrected chi connectivity index (χ0v) is 9.62. The zero-order chi connectivity index (χ0) is 11.3. The maximum atomic E-state index is 11.7. The number of ether oxygens (including phenoxy) is 1. The second kappa shape index (κ2) is 5.89. The molecule has 0 aromatic heterocycles. The highest BCUT2D eigenvalue weighted by Gasteiger charge is 2.27. The lowest BCUT2D eigenvalue weighted by Crippen LogP contribution is -2.27. The molecular formula is C12H20O3. The van der Waals surface area contributed by atoms with Crippen LogP contribution in [-0.2, 0) is 14.3 Å². The third-order valence-corrected chi connectivity index (χ3v) is 2.77. The molecule has 1 saturated carbocycles. The fraction of sp³-hybridized carbons (Fsp3) is 0.833. The monoisotopic (exact) mass is 212 g/mol. The molecule has 1 fully saturated rings. The van der Waals surface area contributed by atoms with Crippen molar-refractivity contribution in [3.8, 4) is 0 Å². The van der Waals surface area contributed by atoms with E-state index in [1.165, 1.54) is 12.8 Å². The van der Waals surface area contributed by atoms with Crippen molar-refractivity contribution < 1.29 is 14.3 Å². The van der Waals surface area contributed by atoms with E-state index in [-0.39, 0.29) is 17.8 Å². The minimum atomic E-state index is -0.642. The Morgan fingerprint density at radius 2 is 1.60 bits per heavy atom. The van der Waals surface area contributed by atoms with Crippen molar-refractivity contribution in [1.82, 2.24) is 0 Å². The topological polar surface area (TPSA) is 43.4 Å². The predicted octanol–water partition coefficient (Wildman–Crippen LogP) is 2.48. The lowest BCUT2D eigenvalue weighted by molar-refractivity contribution is -0.158. The van der Waals surface area contributed by atoms with Crippen molar-refractivity contribution in [2.75, 3.05) is 0 Å². The lowest BCUT2D eigenvalue weighted by Gasteiger charge is -2.13. The summed E-state index contributed by atoms with van der Waals surface area (Å²) in [5.41, 5.74) is 0. The molecule has 0 amide bonds. The molecule has 0 aliphatic heterocycles. The van der Waals surface area contributed by atoms with Gasteiger partial charge < -0.3 is 4.74 Å². The SMILES string of the molecule is CC(C)OC(=O)C(=O)C1CCCCCC1. The number of ketones is 1. The summed E-state index contributed by atoms with van der Waals surface area (Å²) in [5.74, 6) is -1.04. The first-order chi connectivity index (χ1) is 7.11. The molecule has 86 valence electrons. The van der Waals surface area contributed by atoms with Crippen LogP contribution in [0, 0.1) is 5.92 Å². The zero-order valence-electron chi connectivity index (χ0n) is 9.62. The minimum Gasteiger partial charge on any atom is -0.457 e. The van der Waals surface area contributed by atoms with E-state index in [4.69, 9.17) is 4.74 Å². The summed E-state index contributed by atoms with van der Waals surface area (Å²) in [6.45, 7) is 3.52. The molecule has 0 unspecified atom stereocenters. The fourth-order valence-corrected chi connectivity index (χ4v) is 1.98. The normalized spacial score (nSPS) is 18.6. The molecule has 1 aliphatic rings. The van der Waals surface area contributed by atoms with Gasteiger partial charge >= 0.3 is 5.97 Å². The number of hydrogen-bond donors (Lipinski definition) is 0. The van der Waals surface area contributed by atoms with E-state index in [9.17, 15) is 9.59 Å². The van der Waals surface area contributed by atoms with Crippen LogP contribution >= 0.6 is 0 Å². The smallest absolute Gasteiger partial charge is 0.375 e. The summed E-state index contributed by atoms with van der Waals surface area (Å²) in [4.78, 5) is 23.1. The van der Waals surface area contributed by atoms with E-state index in [1.807, 2.05) is 0 Å². The maximum absolute atomic E-state index is 11.7. The van der Waals surface area contributed by atoms with Crippen molar-refractivity contribution in [2.24, 2.45) is 5.92 Å². The van der Waals surface area contributed by atoms with Crippen LogP contribution in [0.5, 0.6) is 0 Å². The molecule has 0 spiro atoms. The van der Waals surface area contributed by atoms with Gasteiger partial charge in [-0.3, -0.25) is 4.79 Å². The maximum Gasteiger partial charge on any atom is 0.375 e. The van der Waals surface area contributed by atoms with Crippen molar-refractivity contribution in [3.63, 3.8) is 0 Å². The van der Waals surface area contributed by atoms with Crippen LogP contribution in [0.4, 0.5) is 0 Å². The van der Waals surface area contributed by atoms with Gasteiger partial charge in [-0.25, -0.2) is 4.79 Å². The lowest BCUT2D eigenvalue weighted by atomic mass is 9.95. The van der Waals surface area contributed by atoms with E-state index in [0.717, 1.165) is 25.7 Å². The first-order valence-electron chi connectivity index (χ1n) is 5.86. The van der Waals surface area contributed by atoms with Gasteiger partial charge in [-0.05, 0) is 26.7 Å². The van der Waals surface area contributed by atoms with Gasteiger partial charge in [-0.2, -0.15) is 0 Å². The van der Waals surface area contributed by atoms with E-state index in [2.05, 4.69) is 0 Å². The second-order valence-corrected chi connectivity index (χ2v) is 4.51. The molecule has 15 heavy (non-hydrogen) atoms. The largest absolute Gasteiger partial charge is 0.457 e. The third-order valence-electron chi connectivity index (χ3n) is 2.77. The Morgan fingerprint density at radius 3 is 2.07 bits per heavy atom. The number of hydrogen-bond acceptors (Lipinski definition) is 3. The van der Waals surface area contributed by atoms with Gasteiger partial charge in [0.05, 0.1) is 6.10 Å². The summed E-state index contributed by atoms with van der Waals surface area (Å²) in [6.07, 6.45) is 5.99. The number of carbonyl (C=O) groups is 2. The van der Waals surface area contributed by atoms with Crippen molar-refractivity contribution >= 4 is 11.8 Å². The Kier molecular flexibility index (Phi) is 4.79. The summed E-state index contributed by atoms with van der Waals surface area (Å²) < 4.78 is 4.92. The molecule has 0 aromatic carbocycles. The second-order valence-electron chi connectivity index (χ2n) is 4.51. The molecule has 0 N–H and O–H groups in total. The fourth-order valence-electron chi connectivity index (χ4n) is 1.98. The van der Waals surface area contributed by atoms with E-state index in [1.54, 1.807) is 13.8 Å². The molecule has 3 heteroatoms. The van der Waals surface area contributed by atoms with Crippen LogP contribution in [-0.4, -0.2) is 17.9 Å². The highest BCUT2D eigenvalue weighted by Crippen LogP contribution is 2.23. The van der Waals surface area contributed by atoms with Gasteiger partial charge in [0.2, 0.25) is 5.78 Å². The molecule has 3 nitrogen and oxygen atoms in total. The summed E-state index contributed by atoms with van der Waals surface area (Å²) in [7, 11) is 0. The molecule has 0 saturated heterocycles. The highest BCUT2D eigenvalue weighted by molar-refractivity contribution is 6.34. The number of esters is 1. The molecule has 0 aromatic rings. The predicted molar refractivity (Wildman–Crippen MR) is 57.4 cm³/mol. The van der Waals surface area contributed by atoms with Gasteiger partial charge in [0.25, 0.3) is 0 Å². The number of rotatable bonds is 3. The van der Waals surface area contributed by atoms with Crippen LogP contribution in [0.3, 0.4) is 0 Å². The standard InChI is InChI=1S/C12H20O3/c1-9(2)15-12(14)11(13)10-7-5-3-4-6-8-10/h9-10H,3-8H2,1-2H3. The molecule has 0 heterocycles. The summed E-state index contributed by atoms with van der Waals surface area (Å²) in [6, 6.07) is 0. The van der Waals surface area contributed by atoms with Crippen molar-refractivity contribution in [3.05, 3.63) is 0 Å². The molecule has 1 aliphatic carbocycles. The number of Topliss-reactive ketones (excluding diaryl/α,β-unsaturated/α-hetero) is 1. The Morgan fingerprint density at radius 1 is 1.07 bits per heavy atom. The first kappa shape index (κ1) is 12.2. The Hall–Kier alpha value is -0.860. The minimum absolute atomic E-state index is 0.0845. The van der Waals surface area contributed by atoms with Crippen molar-refractivity contribution in [2.45, 2.75) is 58.5 Å². The van der Waals surface area contributed by atoms with Crippen LogP contribution in [0.1, 0.15) is 52.4 Å². The highest BCUT2D eigenvalue weighted by atomic mass is 16.5. The average Bonchev–Trinajstić information content (AvgIpc) is 2.43. The van der Waals surface area contributed by atoms with Gasteiger partial charge in [0.15, 0.2) is 0 Å². The molecule has 0 atom stereocenters. The van der Waals surface area contributed by atoms with Gasteiger partial charge in [0.1, 0.15) is 0 Å².